The first-order valence-corrected chi connectivity index (χ1v) is 10.6. The molecule has 3 aromatic heterocycles. The monoisotopic (exact) mass is 400 g/mol. The van der Waals surface area contributed by atoms with Gasteiger partial charge in [-0.15, -0.1) is 0 Å². The summed E-state index contributed by atoms with van der Waals surface area (Å²) in [5.41, 5.74) is 5.35. The molecule has 1 aliphatic heterocycles. The van der Waals surface area contributed by atoms with E-state index in [1.165, 1.54) is 0 Å². The highest BCUT2D eigenvalue weighted by Gasteiger charge is 2.22. The van der Waals surface area contributed by atoms with Crippen LogP contribution in [0.3, 0.4) is 0 Å². The van der Waals surface area contributed by atoms with E-state index in [0.29, 0.717) is 0 Å². The van der Waals surface area contributed by atoms with Gasteiger partial charge in [0.25, 0.3) is 0 Å². The Balaban J connectivity index is 1.50. The van der Waals surface area contributed by atoms with Gasteiger partial charge in [0, 0.05) is 57.2 Å². The van der Waals surface area contributed by atoms with E-state index in [1.807, 2.05) is 18.3 Å². The van der Waals surface area contributed by atoms with Gasteiger partial charge in [0.05, 0.1) is 22.2 Å². The van der Waals surface area contributed by atoms with Gasteiger partial charge in [0.15, 0.2) is 0 Å². The summed E-state index contributed by atoms with van der Waals surface area (Å²) in [6.07, 6.45) is 4.01. The van der Waals surface area contributed by atoms with E-state index < -0.39 is 0 Å². The number of piperazine rings is 1. The predicted octanol–water partition coefficient (Wildman–Crippen LogP) is 3.23. The summed E-state index contributed by atoms with van der Waals surface area (Å²) in [7, 11) is 4.27. The second-order valence-electron chi connectivity index (χ2n) is 8.22. The zero-order valence-corrected chi connectivity index (χ0v) is 17.7. The molecule has 0 atom stereocenters. The van der Waals surface area contributed by atoms with Crippen molar-refractivity contribution in [3.63, 3.8) is 0 Å². The standard InChI is InChI=1S/C24H28N6/c1-27(2)13-14-28-15-17-29(18-16-28)24-19(7-5-11-25-24)23-22-10-6-12-30(22)21-9-4-3-8-20(21)26-23/h3-12H,13-18H2,1-2H3. The lowest BCUT2D eigenvalue weighted by molar-refractivity contribution is 0.229. The molecule has 4 aromatic rings. The lowest BCUT2D eigenvalue weighted by Gasteiger charge is -2.36. The zero-order chi connectivity index (χ0) is 20.5. The summed E-state index contributed by atoms with van der Waals surface area (Å²) in [4.78, 5) is 17.1. The quantitative estimate of drug-likeness (QED) is 0.514. The van der Waals surface area contributed by atoms with Crippen LogP contribution < -0.4 is 4.90 Å². The number of hydrogen-bond acceptors (Lipinski definition) is 5. The molecule has 0 amide bonds. The Morgan fingerprint density at radius 2 is 1.70 bits per heavy atom. The Bertz CT molecular complexity index is 1160. The molecule has 6 heteroatoms. The van der Waals surface area contributed by atoms with E-state index in [4.69, 9.17) is 9.97 Å². The first-order chi connectivity index (χ1) is 14.7. The number of nitrogens with zero attached hydrogens (tertiary/aromatic N) is 6. The molecule has 0 spiro atoms. The number of rotatable bonds is 5. The van der Waals surface area contributed by atoms with Crippen molar-refractivity contribution in [3.8, 4) is 11.3 Å². The van der Waals surface area contributed by atoms with Crippen LogP contribution in [0, 0.1) is 0 Å². The fraction of sp³-hybridized carbons (Fsp3) is 0.333. The van der Waals surface area contributed by atoms with Crippen molar-refractivity contribution in [3.05, 3.63) is 60.9 Å². The lowest BCUT2D eigenvalue weighted by atomic mass is 10.1. The smallest absolute Gasteiger partial charge is 0.138 e. The molecule has 0 saturated carbocycles. The van der Waals surface area contributed by atoms with Gasteiger partial charge in [-0.2, -0.15) is 0 Å². The summed E-state index contributed by atoms with van der Waals surface area (Å²) in [6.45, 7) is 6.32. The van der Waals surface area contributed by atoms with Crippen molar-refractivity contribution in [2.24, 2.45) is 0 Å². The van der Waals surface area contributed by atoms with Gasteiger partial charge >= 0.3 is 0 Å². The minimum absolute atomic E-state index is 0.988. The van der Waals surface area contributed by atoms with Gasteiger partial charge < -0.3 is 14.2 Å². The van der Waals surface area contributed by atoms with Gasteiger partial charge in [-0.05, 0) is 50.5 Å². The highest BCUT2D eigenvalue weighted by molar-refractivity contribution is 5.90. The second-order valence-corrected chi connectivity index (χ2v) is 8.22. The highest BCUT2D eigenvalue weighted by Crippen LogP contribution is 2.33. The van der Waals surface area contributed by atoms with Crippen molar-refractivity contribution in [1.82, 2.24) is 24.2 Å². The minimum atomic E-state index is 0.988. The van der Waals surface area contributed by atoms with E-state index >= 15 is 0 Å². The van der Waals surface area contributed by atoms with Gasteiger partial charge in [-0.1, -0.05) is 12.1 Å². The van der Waals surface area contributed by atoms with Crippen LogP contribution in [-0.4, -0.2) is 77.5 Å². The highest BCUT2D eigenvalue weighted by atomic mass is 15.3. The van der Waals surface area contributed by atoms with Gasteiger partial charge in [0.2, 0.25) is 0 Å². The molecule has 1 fully saturated rings. The Kier molecular flexibility index (Phi) is 5.11. The Labute approximate surface area is 177 Å². The maximum absolute atomic E-state index is 5.06. The molecule has 4 heterocycles. The molecule has 0 N–H and O–H groups in total. The zero-order valence-electron chi connectivity index (χ0n) is 17.7. The molecule has 0 radical (unpaired) electrons. The molecule has 6 nitrogen and oxygen atoms in total. The molecule has 1 aliphatic rings. The number of anilines is 1. The lowest BCUT2D eigenvalue weighted by Crippen LogP contribution is -2.48. The largest absolute Gasteiger partial charge is 0.353 e. The SMILES string of the molecule is CN(C)CCN1CCN(c2ncccc2-c2nc3ccccc3n3cccc23)CC1. The maximum Gasteiger partial charge on any atom is 0.138 e. The minimum Gasteiger partial charge on any atom is -0.353 e. The van der Waals surface area contributed by atoms with E-state index in [2.05, 4.69) is 75.8 Å². The number of pyridine rings is 1. The van der Waals surface area contributed by atoms with Crippen LogP contribution >= 0.6 is 0 Å². The third kappa shape index (κ3) is 3.53. The third-order valence-corrected chi connectivity index (χ3v) is 5.94. The summed E-state index contributed by atoms with van der Waals surface area (Å²) >= 11 is 0. The van der Waals surface area contributed by atoms with E-state index in [-0.39, 0.29) is 0 Å². The Morgan fingerprint density at radius 3 is 2.53 bits per heavy atom. The molecule has 1 saturated heterocycles. The van der Waals surface area contributed by atoms with Crippen molar-refractivity contribution < 1.29 is 0 Å². The van der Waals surface area contributed by atoms with Crippen molar-refractivity contribution in [1.29, 1.82) is 0 Å². The van der Waals surface area contributed by atoms with Crippen LogP contribution in [0.1, 0.15) is 0 Å². The fourth-order valence-electron chi connectivity index (χ4n) is 4.28. The number of aromatic nitrogens is 3. The molecule has 1 aromatic carbocycles. The molecule has 0 unspecified atom stereocenters. The second kappa shape index (κ2) is 8.05. The normalized spacial score (nSPS) is 15.5. The van der Waals surface area contributed by atoms with E-state index in [9.17, 15) is 0 Å². The first-order valence-electron chi connectivity index (χ1n) is 10.6. The molecule has 0 aliphatic carbocycles. The Hall–Kier alpha value is -2.96. The predicted molar refractivity (Wildman–Crippen MR) is 123 cm³/mol. The van der Waals surface area contributed by atoms with Crippen LogP contribution in [0.25, 0.3) is 27.8 Å². The molecular formula is C24H28N6. The third-order valence-electron chi connectivity index (χ3n) is 5.94. The summed E-state index contributed by atoms with van der Waals surface area (Å²) in [5.74, 6) is 1.04. The molecule has 0 bridgehead atoms. The number of likely N-dealkylation sites (N-methyl/N-ethyl adjacent to an activating group) is 1. The number of hydrogen-bond donors (Lipinski definition) is 0. The molecule has 30 heavy (non-hydrogen) atoms. The average molecular weight is 401 g/mol. The van der Waals surface area contributed by atoms with Gasteiger partial charge in [-0.25, -0.2) is 9.97 Å². The summed E-state index contributed by atoms with van der Waals surface area (Å²) in [5, 5.41) is 0. The number of benzene rings is 1. The van der Waals surface area contributed by atoms with Gasteiger partial charge in [-0.3, -0.25) is 4.90 Å². The summed E-state index contributed by atoms with van der Waals surface area (Å²) in [6, 6.07) is 16.7. The number of para-hydroxylation sites is 2. The van der Waals surface area contributed by atoms with Crippen LogP contribution in [-0.2, 0) is 0 Å². The fourth-order valence-corrected chi connectivity index (χ4v) is 4.28. The molecular weight excluding hydrogens is 372 g/mol. The van der Waals surface area contributed by atoms with Crippen molar-refractivity contribution >= 4 is 22.4 Å². The number of fused-ring (bicyclic) bond motifs is 3. The van der Waals surface area contributed by atoms with E-state index in [0.717, 1.165) is 72.9 Å². The topological polar surface area (TPSA) is 39.9 Å². The van der Waals surface area contributed by atoms with Crippen LogP contribution in [0.4, 0.5) is 5.82 Å². The Morgan fingerprint density at radius 1 is 0.900 bits per heavy atom. The molecule has 5 rings (SSSR count). The summed E-state index contributed by atoms with van der Waals surface area (Å²) < 4.78 is 2.23. The first kappa shape index (κ1) is 19.0. The van der Waals surface area contributed by atoms with Gasteiger partial charge in [0.1, 0.15) is 5.82 Å². The van der Waals surface area contributed by atoms with Crippen molar-refractivity contribution in [2.45, 2.75) is 0 Å². The van der Waals surface area contributed by atoms with Crippen LogP contribution in [0.15, 0.2) is 60.9 Å². The van der Waals surface area contributed by atoms with Crippen molar-refractivity contribution in [2.75, 3.05) is 58.3 Å². The van der Waals surface area contributed by atoms with Crippen LogP contribution in [0.5, 0.6) is 0 Å². The van der Waals surface area contributed by atoms with E-state index in [1.54, 1.807) is 0 Å². The van der Waals surface area contributed by atoms with Crippen LogP contribution in [0.2, 0.25) is 0 Å². The maximum atomic E-state index is 5.06. The average Bonchev–Trinajstić information content (AvgIpc) is 3.28. The molecule has 154 valence electrons.